The van der Waals surface area contributed by atoms with Gasteiger partial charge in [-0.2, -0.15) is 15.1 Å². The molecule has 0 unspecified atom stereocenters. The monoisotopic (exact) mass is 383 g/mol. The summed E-state index contributed by atoms with van der Waals surface area (Å²) in [4.78, 5) is 22.9. The Kier molecular flexibility index (Phi) is 4.06. The van der Waals surface area contributed by atoms with Crippen molar-refractivity contribution in [1.29, 1.82) is 0 Å². The fourth-order valence-electron chi connectivity index (χ4n) is 3.52. The second-order valence-corrected chi connectivity index (χ2v) is 8.46. The summed E-state index contributed by atoms with van der Waals surface area (Å²) in [5.41, 5.74) is 0.643. The Hall–Kier alpha value is -3.10. The van der Waals surface area contributed by atoms with Crippen LogP contribution in [0.2, 0.25) is 0 Å². The number of hydrogen-bond acceptors (Lipinski definition) is 6. The van der Waals surface area contributed by atoms with Crippen LogP contribution in [0.25, 0.3) is 5.65 Å². The van der Waals surface area contributed by atoms with Crippen LogP contribution in [0, 0.1) is 0 Å². The van der Waals surface area contributed by atoms with E-state index in [1.54, 1.807) is 11.8 Å². The molecule has 4 rings (SSSR count). The van der Waals surface area contributed by atoms with E-state index in [4.69, 9.17) is 0 Å². The Morgan fingerprint density at radius 2 is 2.14 bits per heavy atom. The summed E-state index contributed by atoms with van der Waals surface area (Å²) >= 11 is 0. The SMILES string of the molecule is CC(C)(C)c1cc(Nc2nc(N3CCC[C@@]3(C)C(=O)O)nc3cccn23)n[nH]1. The zero-order valence-corrected chi connectivity index (χ0v) is 16.5. The Bertz CT molecular complexity index is 1030. The number of rotatable bonds is 4. The lowest BCUT2D eigenvalue weighted by atomic mass is 9.92. The normalized spacial score (nSPS) is 20.1. The highest BCUT2D eigenvalue weighted by atomic mass is 16.4. The summed E-state index contributed by atoms with van der Waals surface area (Å²) in [7, 11) is 0. The number of nitrogens with zero attached hydrogens (tertiary/aromatic N) is 5. The highest BCUT2D eigenvalue weighted by Gasteiger charge is 2.45. The number of carboxylic acid groups (broad SMARTS) is 1. The van der Waals surface area contributed by atoms with E-state index in [2.05, 4.69) is 46.3 Å². The summed E-state index contributed by atoms with van der Waals surface area (Å²) in [6.07, 6.45) is 3.21. The smallest absolute Gasteiger partial charge is 0.329 e. The van der Waals surface area contributed by atoms with Crippen molar-refractivity contribution >= 4 is 29.3 Å². The Morgan fingerprint density at radius 1 is 1.36 bits per heavy atom. The molecule has 0 aromatic carbocycles. The van der Waals surface area contributed by atoms with Gasteiger partial charge in [0.2, 0.25) is 11.9 Å². The summed E-state index contributed by atoms with van der Waals surface area (Å²) in [6, 6.07) is 5.70. The topological polar surface area (TPSA) is 111 Å². The minimum atomic E-state index is -1.01. The highest BCUT2D eigenvalue weighted by molar-refractivity contribution is 5.83. The first-order valence-electron chi connectivity index (χ1n) is 9.37. The van der Waals surface area contributed by atoms with Crippen molar-refractivity contribution in [3.8, 4) is 0 Å². The van der Waals surface area contributed by atoms with Crippen LogP contribution >= 0.6 is 0 Å². The lowest BCUT2D eigenvalue weighted by Gasteiger charge is -2.31. The van der Waals surface area contributed by atoms with Crippen LogP contribution in [0.15, 0.2) is 24.4 Å². The quantitative estimate of drug-likeness (QED) is 0.635. The largest absolute Gasteiger partial charge is 0.480 e. The van der Waals surface area contributed by atoms with Crippen molar-refractivity contribution in [3.63, 3.8) is 0 Å². The van der Waals surface area contributed by atoms with E-state index in [1.165, 1.54) is 0 Å². The zero-order valence-electron chi connectivity index (χ0n) is 16.5. The lowest BCUT2D eigenvalue weighted by Crippen LogP contribution is -2.49. The highest BCUT2D eigenvalue weighted by Crippen LogP contribution is 2.33. The molecule has 28 heavy (non-hydrogen) atoms. The van der Waals surface area contributed by atoms with Crippen molar-refractivity contribution in [2.45, 2.75) is 51.5 Å². The van der Waals surface area contributed by atoms with Crippen molar-refractivity contribution in [1.82, 2.24) is 24.6 Å². The average Bonchev–Trinajstić information content (AvgIpc) is 3.33. The van der Waals surface area contributed by atoms with Gasteiger partial charge in [-0.3, -0.25) is 9.50 Å². The summed E-state index contributed by atoms with van der Waals surface area (Å²) < 4.78 is 1.82. The molecule has 1 aliphatic rings. The summed E-state index contributed by atoms with van der Waals surface area (Å²) in [6.45, 7) is 8.66. The van der Waals surface area contributed by atoms with Crippen molar-refractivity contribution in [3.05, 3.63) is 30.1 Å². The van der Waals surface area contributed by atoms with Crippen LogP contribution in [0.3, 0.4) is 0 Å². The standard InChI is InChI=1S/C19H25N7O2/c1-18(2,3)12-11-13(24-23-12)20-16-22-17(21-14-7-5-9-25(14)16)26-10-6-8-19(26,4)15(27)28/h5,7,9,11H,6,8,10H2,1-4H3,(H,27,28)(H2,20,21,22,23,24)/t19-/m0/s1. The number of H-pyrrole nitrogens is 1. The molecule has 0 radical (unpaired) electrons. The number of fused-ring (bicyclic) bond motifs is 1. The van der Waals surface area contributed by atoms with Gasteiger partial charge in [0.1, 0.15) is 11.2 Å². The van der Waals surface area contributed by atoms with Gasteiger partial charge in [-0.1, -0.05) is 20.8 Å². The van der Waals surface area contributed by atoms with Gasteiger partial charge in [-0.15, -0.1) is 0 Å². The maximum Gasteiger partial charge on any atom is 0.329 e. The molecule has 3 aromatic heterocycles. The molecule has 0 spiro atoms. The molecule has 3 N–H and O–H groups in total. The van der Waals surface area contributed by atoms with Gasteiger partial charge in [-0.05, 0) is 31.9 Å². The molecule has 1 aliphatic heterocycles. The summed E-state index contributed by atoms with van der Waals surface area (Å²) in [5, 5.41) is 20.4. The van der Waals surface area contributed by atoms with Gasteiger partial charge in [0.25, 0.3) is 0 Å². The number of aromatic nitrogens is 5. The molecule has 9 nitrogen and oxygen atoms in total. The minimum absolute atomic E-state index is 0.0502. The molecule has 0 bridgehead atoms. The number of aromatic amines is 1. The van der Waals surface area contributed by atoms with E-state index < -0.39 is 11.5 Å². The van der Waals surface area contributed by atoms with Crippen LogP contribution < -0.4 is 10.2 Å². The molecule has 0 aliphatic carbocycles. The van der Waals surface area contributed by atoms with E-state index in [1.807, 2.05) is 28.8 Å². The van der Waals surface area contributed by atoms with Gasteiger partial charge < -0.3 is 15.3 Å². The molecule has 148 valence electrons. The Morgan fingerprint density at radius 3 is 2.82 bits per heavy atom. The number of carboxylic acids is 1. The first-order valence-corrected chi connectivity index (χ1v) is 9.37. The summed E-state index contributed by atoms with van der Waals surface area (Å²) in [5.74, 6) is 0.728. The van der Waals surface area contributed by atoms with Crippen molar-refractivity contribution in [2.75, 3.05) is 16.8 Å². The van der Waals surface area contributed by atoms with E-state index in [0.29, 0.717) is 36.3 Å². The van der Waals surface area contributed by atoms with Gasteiger partial charge in [0.15, 0.2) is 5.82 Å². The average molecular weight is 383 g/mol. The first kappa shape index (κ1) is 18.3. The number of nitrogens with one attached hydrogen (secondary N) is 2. The second kappa shape index (κ2) is 6.22. The molecular weight excluding hydrogens is 358 g/mol. The predicted molar refractivity (Wildman–Crippen MR) is 106 cm³/mol. The molecule has 0 saturated carbocycles. The second-order valence-electron chi connectivity index (χ2n) is 8.46. The molecule has 1 saturated heterocycles. The minimum Gasteiger partial charge on any atom is -0.480 e. The van der Waals surface area contributed by atoms with E-state index >= 15 is 0 Å². The van der Waals surface area contributed by atoms with Crippen molar-refractivity contribution < 1.29 is 9.90 Å². The number of carbonyl (C=O) groups is 1. The molecule has 1 fully saturated rings. The lowest BCUT2D eigenvalue weighted by molar-refractivity contribution is -0.142. The van der Waals surface area contributed by atoms with Gasteiger partial charge >= 0.3 is 5.97 Å². The van der Waals surface area contributed by atoms with Crippen LogP contribution in [-0.4, -0.2) is 47.7 Å². The predicted octanol–water partition coefficient (Wildman–Crippen LogP) is 2.94. The first-order chi connectivity index (χ1) is 13.2. The van der Waals surface area contributed by atoms with Crippen LogP contribution in [-0.2, 0) is 10.2 Å². The zero-order chi connectivity index (χ0) is 20.1. The fourth-order valence-corrected chi connectivity index (χ4v) is 3.52. The fraction of sp³-hybridized carbons (Fsp3) is 0.474. The Labute approximate surface area is 162 Å². The van der Waals surface area contributed by atoms with Gasteiger partial charge in [0, 0.05) is 29.9 Å². The van der Waals surface area contributed by atoms with Crippen LogP contribution in [0.4, 0.5) is 17.7 Å². The molecule has 3 aromatic rings. The maximum atomic E-state index is 11.9. The molecule has 0 amide bonds. The molecule has 4 heterocycles. The molecule has 1 atom stereocenters. The Balaban J connectivity index is 1.74. The molecular formula is C19H25N7O2. The van der Waals surface area contributed by atoms with Crippen LogP contribution in [0.5, 0.6) is 0 Å². The van der Waals surface area contributed by atoms with Gasteiger partial charge in [-0.25, -0.2) is 4.79 Å². The number of aliphatic carboxylic acids is 1. The number of hydrogen-bond donors (Lipinski definition) is 3. The van der Waals surface area contributed by atoms with Crippen LogP contribution in [0.1, 0.15) is 46.2 Å². The third-order valence-electron chi connectivity index (χ3n) is 5.34. The van der Waals surface area contributed by atoms with E-state index in [0.717, 1.165) is 12.1 Å². The maximum absolute atomic E-state index is 11.9. The van der Waals surface area contributed by atoms with E-state index in [-0.39, 0.29) is 5.41 Å². The van der Waals surface area contributed by atoms with Gasteiger partial charge in [0.05, 0.1) is 0 Å². The third-order valence-corrected chi connectivity index (χ3v) is 5.34. The molecule has 9 heteroatoms. The van der Waals surface area contributed by atoms with Crippen molar-refractivity contribution in [2.24, 2.45) is 0 Å². The van der Waals surface area contributed by atoms with E-state index in [9.17, 15) is 9.90 Å². The third kappa shape index (κ3) is 2.96. The number of anilines is 3.